The third kappa shape index (κ3) is 2.73. The van der Waals surface area contributed by atoms with Gasteiger partial charge in [0.05, 0.1) is 0 Å². The van der Waals surface area contributed by atoms with Gasteiger partial charge in [-0.2, -0.15) is 10.1 Å². The van der Waals surface area contributed by atoms with Gasteiger partial charge in [0, 0.05) is 25.8 Å². The van der Waals surface area contributed by atoms with E-state index in [4.69, 9.17) is 23.2 Å². The molecule has 120 valence electrons. The lowest BCUT2D eigenvalue weighted by Gasteiger charge is -2.25. The first-order chi connectivity index (χ1) is 11.6. The second-order valence-corrected chi connectivity index (χ2v) is 7.05. The summed E-state index contributed by atoms with van der Waals surface area (Å²) in [5.41, 5.74) is 2.79. The van der Waals surface area contributed by atoms with Crippen LogP contribution in [0.15, 0.2) is 59.3 Å². The Morgan fingerprint density at radius 3 is 2.46 bits per heavy atom. The number of benzene rings is 2. The molecule has 0 aliphatic carbocycles. The molecule has 3 aromatic rings. The van der Waals surface area contributed by atoms with Gasteiger partial charge in [0.1, 0.15) is 12.4 Å². The molecule has 0 saturated carbocycles. The fraction of sp³-hybridized carbons (Fsp3) is 0.0588. The maximum absolute atomic E-state index is 6.41. The fourth-order valence-corrected chi connectivity index (χ4v) is 3.62. The Morgan fingerprint density at radius 2 is 1.75 bits per heavy atom. The molecule has 0 spiro atoms. The Kier molecular flexibility index (Phi) is 4.08. The highest BCUT2D eigenvalue weighted by atomic mass is 79.9. The Hall–Kier alpha value is -1.82. The number of fused-ring (bicyclic) bond motifs is 1. The van der Waals surface area contributed by atoms with E-state index in [1.165, 1.54) is 6.33 Å². The molecule has 1 aliphatic heterocycles. The summed E-state index contributed by atoms with van der Waals surface area (Å²) in [5, 5.41) is 8.81. The average Bonchev–Trinajstić information content (AvgIpc) is 3.04. The van der Waals surface area contributed by atoms with Crippen molar-refractivity contribution < 1.29 is 0 Å². The molecule has 7 heteroatoms. The monoisotopic (exact) mass is 420 g/mol. The number of allylic oxidation sites excluding steroid dienone is 1. The summed E-state index contributed by atoms with van der Waals surface area (Å²) in [6, 6.07) is 13.3. The Balaban J connectivity index is 1.87. The summed E-state index contributed by atoms with van der Waals surface area (Å²) >= 11 is 16.3. The highest BCUT2D eigenvalue weighted by Gasteiger charge is 2.26. The van der Waals surface area contributed by atoms with E-state index in [-0.39, 0.29) is 6.04 Å². The Labute approximate surface area is 157 Å². The molecule has 1 aromatic heterocycles. The maximum atomic E-state index is 6.41. The third-order valence-corrected chi connectivity index (χ3v) is 5.05. The first kappa shape index (κ1) is 15.7. The predicted molar refractivity (Wildman–Crippen MR) is 100 cm³/mol. The molecule has 4 nitrogen and oxygen atoms in total. The number of rotatable bonds is 2. The van der Waals surface area contributed by atoms with Gasteiger partial charge in [-0.3, -0.25) is 0 Å². The molecule has 0 radical (unpaired) electrons. The summed E-state index contributed by atoms with van der Waals surface area (Å²) in [6.45, 7) is 0. The molecule has 1 aliphatic rings. The second kappa shape index (κ2) is 6.24. The molecular weight excluding hydrogens is 411 g/mol. The third-order valence-electron chi connectivity index (χ3n) is 3.86. The van der Waals surface area contributed by atoms with Crippen LogP contribution in [0.25, 0.3) is 5.70 Å². The van der Waals surface area contributed by atoms with E-state index in [1.807, 2.05) is 42.5 Å². The van der Waals surface area contributed by atoms with Crippen molar-refractivity contribution in [3.05, 3.63) is 80.5 Å². The zero-order valence-corrected chi connectivity index (χ0v) is 15.3. The molecule has 1 atom stereocenters. The largest absolute Gasteiger partial charge is 0.324 e. The van der Waals surface area contributed by atoms with Crippen LogP contribution in [0, 0.1) is 0 Å². The minimum atomic E-state index is -0.233. The average molecular weight is 422 g/mol. The fourth-order valence-electron chi connectivity index (χ4n) is 2.73. The minimum Gasteiger partial charge on any atom is -0.324 e. The molecule has 1 unspecified atom stereocenters. The van der Waals surface area contributed by atoms with Crippen molar-refractivity contribution in [1.29, 1.82) is 0 Å². The van der Waals surface area contributed by atoms with E-state index in [2.05, 4.69) is 37.4 Å². The van der Waals surface area contributed by atoms with Crippen molar-refractivity contribution in [2.45, 2.75) is 6.04 Å². The molecular formula is C17H11BrCl2N4. The van der Waals surface area contributed by atoms with Gasteiger partial charge in [-0.1, -0.05) is 57.3 Å². The van der Waals surface area contributed by atoms with E-state index in [0.29, 0.717) is 16.0 Å². The molecule has 0 saturated heterocycles. The van der Waals surface area contributed by atoms with Gasteiger partial charge in [-0.05, 0) is 35.9 Å². The number of hydrogen-bond acceptors (Lipinski definition) is 3. The first-order valence-electron chi connectivity index (χ1n) is 7.21. The van der Waals surface area contributed by atoms with Gasteiger partial charge in [0.2, 0.25) is 5.95 Å². The zero-order valence-electron chi connectivity index (χ0n) is 12.2. The molecule has 24 heavy (non-hydrogen) atoms. The predicted octanol–water partition coefficient (Wildman–Crippen LogP) is 5.40. The van der Waals surface area contributed by atoms with Crippen molar-refractivity contribution in [3.8, 4) is 0 Å². The van der Waals surface area contributed by atoms with E-state index in [1.54, 1.807) is 4.68 Å². The standard InChI is InChI=1S/C17H11BrCl2N4/c18-11-6-4-10(5-7-11)14-8-15(24-17(23-14)21-9-22-24)16-12(19)2-1-3-13(16)20/h1-9,15H,(H,21,22,23). The van der Waals surface area contributed by atoms with Crippen molar-refractivity contribution in [1.82, 2.24) is 14.8 Å². The van der Waals surface area contributed by atoms with E-state index < -0.39 is 0 Å². The minimum absolute atomic E-state index is 0.233. The van der Waals surface area contributed by atoms with Gasteiger partial charge >= 0.3 is 0 Å². The lowest BCUT2D eigenvalue weighted by molar-refractivity contribution is 0.612. The summed E-state index contributed by atoms with van der Waals surface area (Å²) in [4.78, 5) is 4.29. The van der Waals surface area contributed by atoms with E-state index in [0.717, 1.165) is 21.3 Å². The molecule has 4 rings (SSSR count). The van der Waals surface area contributed by atoms with E-state index in [9.17, 15) is 0 Å². The lowest BCUT2D eigenvalue weighted by atomic mass is 10.0. The van der Waals surface area contributed by atoms with Crippen LogP contribution >= 0.6 is 39.1 Å². The van der Waals surface area contributed by atoms with Crippen LogP contribution in [-0.2, 0) is 0 Å². The number of halogens is 3. The summed E-state index contributed by atoms with van der Waals surface area (Å²) in [7, 11) is 0. The van der Waals surface area contributed by atoms with Gasteiger partial charge < -0.3 is 5.32 Å². The normalized spacial score (nSPS) is 16.3. The quantitative estimate of drug-likeness (QED) is 0.602. The maximum Gasteiger partial charge on any atom is 0.226 e. The Bertz CT molecular complexity index is 914. The van der Waals surface area contributed by atoms with E-state index >= 15 is 0 Å². The van der Waals surface area contributed by atoms with Crippen LogP contribution < -0.4 is 5.32 Å². The topological polar surface area (TPSA) is 42.7 Å². The molecule has 2 aromatic carbocycles. The second-order valence-electron chi connectivity index (χ2n) is 5.32. The molecule has 1 N–H and O–H groups in total. The molecule has 0 fully saturated rings. The number of anilines is 1. The van der Waals surface area contributed by atoms with Crippen LogP contribution in [-0.4, -0.2) is 14.8 Å². The van der Waals surface area contributed by atoms with Crippen molar-refractivity contribution in [2.24, 2.45) is 0 Å². The number of hydrogen-bond donors (Lipinski definition) is 1. The smallest absolute Gasteiger partial charge is 0.226 e. The summed E-state index contributed by atoms with van der Waals surface area (Å²) in [5.74, 6) is 0.649. The number of nitrogens with zero attached hydrogens (tertiary/aromatic N) is 3. The van der Waals surface area contributed by atoms with Gasteiger partial charge in [0.15, 0.2) is 0 Å². The molecule has 0 bridgehead atoms. The molecule has 2 heterocycles. The van der Waals surface area contributed by atoms with Crippen LogP contribution in [0.3, 0.4) is 0 Å². The lowest BCUT2D eigenvalue weighted by Crippen LogP contribution is -2.20. The zero-order chi connectivity index (χ0) is 16.7. The van der Waals surface area contributed by atoms with Crippen LogP contribution in [0.2, 0.25) is 10.0 Å². The van der Waals surface area contributed by atoms with Crippen molar-refractivity contribution in [2.75, 3.05) is 5.32 Å². The van der Waals surface area contributed by atoms with Crippen molar-refractivity contribution >= 4 is 50.8 Å². The van der Waals surface area contributed by atoms with Gasteiger partial charge in [-0.25, -0.2) is 4.68 Å². The first-order valence-corrected chi connectivity index (χ1v) is 8.76. The summed E-state index contributed by atoms with van der Waals surface area (Å²) < 4.78 is 2.80. The van der Waals surface area contributed by atoms with Crippen LogP contribution in [0.4, 0.5) is 5.95 Å². The van der Waals surface area contributed by atoms with Crippen LogP contribution in [0.5, 0.6) is 0 Å². The summed E-state index contributed by atoms with van der Waals surface area (Å²) in [6.07, 6.45) is 3.57. The van der Waals surface area contributed by atoms with Crippen molar-refractivity contribution in [3.63, 3.8) is 0 Å². The van der Waals surface area contributed by atoms with Gasteiger partial charge in [0.25, 0.3) is 0 Å². The van der Waals surface area contributed by atoms with Gasteiger partial charge in [-0.15, -0.1) is 0 Å². The SMILES string of the molecule is Clc1cccc(Cl)c1C1C=C(c2ccc(Br)cc2)Nc2ncnn21. The highest BCUT2D eigenvalue weighted by molar-refractivity contribution is 9.10. The highest BCUT2D eigenvalue weighted by Crippen LogP contribution is 2.38. The van der Waals surface area contributed by atoms with Crippen LogP contribution in [0.1, 0.15) is 17.2 Å². The Morgan fingerprint density at radius 1 is 1.04 bits per heavy atom. The number of aromatic nitrogens is 3. The molecule has 0 amide bonds. The number of nitrogens with one attached hydrogen (secondary N) is 1.